The van der Waals surface area contributed by atoms with E-state index in [-0.39, 0.29) is 6.10 Å². The lowest BCUT2D eigenvalue weighted by molar-refractivity contribution is 0.209. The Bertz CT molecular complexity index is 414. The highest BCUT2D eigenvalue weighted by atomic mass is 28.2. The molecule has 94 valence electrons. The molecule has 0 amide bonds. The predicted octanol–water partition coefficient (Wildman–Crippen LogP) is 2.30. The Balaban J connectivity index is 2.47. The second-order valence-corrected chi connectivity index (χ2v) is 5.60. The number of allylic oxidation sites excluding steroid dienone is 1. The molecule has 1 aromatic carbocycles. The minimum absolute atomic E-state index is 0.277. The smallest absolute Gasteiger partial charge is 0.192 e. The highest BCUT2D eigenvalue weighted by Gasteiger charge is 2.06. The van der Waals surface area contributed by atoms with E-state index < -0.39 is 9.76 Å². The van der Waals surface area contributed by atoms with E-state index in [2.05, 4.69) is 31.2 Å². The van der Waals surface area contributed by atoms with E-state index in [1.807, 2.05) is 24.3 Å². The van der Waals surface area contributed by atoms with E-state index in [0.717, 1.165) is 24.8 Å². The monoisotopic (exact) mass is 256 g/mol. The zero-order chi connectivity index (χ0) is 13.2. The molecule has 18 heavy (non-hydrogen) atoms. The quantitative estimate of drug-likeness (QED) is 0.394. The van der Waals surface area contributed by atoms with Gasteiger partial charge in [0.25, 0.3) is 0 Å². The first kappa shape index (κ1) is 14.5. The van der Waals surface area contributed by atoms with Gasteiger partial charge in [-0.3, -0.25) is 0 Å². The minimum Gasteiger partial charge on any atom is -0.415 e. The molecule has 0 bridgehead atoms. The van der Waals surface area contributed by atoms with Gasteiger partial charge in [-0.15, -0.1) is 19.6 Å². The average Bonchev–Trinajstić information content (AvgIpc) is 2.42. The molecule has 0 aliphatic rings. The lowest BCUT2D eigenvalue weighted by Crippen LogP contribution is -2.23. The molecule has 1 unspecified atom stereocenters. The van der Waals surface area contributed by atoms with Crippen molar-refractivity contribution in [3.05, 3.63) is 55.1 Å². The second kappa shape index (κ2) is 8.52. The Morgan fingerprint density at radius 1 is 1.28 bits per heavy atom. The SMILES string of the molecule is C#Cc1ccc([SiH2]OC(CC=C)CCC=C)cc1. The van der Waals surface area contributed by atoms with E-state index in [1.54, 1.807) is 0 Å². The van der Waals surface area contributed by atoms with Gasteiger partial charge in [-0.1, -0.05) is 30.2 Å². The summed E-state index contributed by atoms with van der Waals surface area (Å²) in [6, 6.07) is 8.08. The third-order valence-corrected chi connectivity index (χ3v) is 4.17. The topological polar surface area (TPSA) is 9.23 Å². The molecule has 1 nitrogen and oxygen atoms in total. The standard InChI is InChI=1S/C16H20OSi/c1-4-7-9-15(8-5-2)17-18-16-12-10-14(6-3)11-13-16/h3-5,10-13,15H,1-2,7-9,18H2. The van der Waals surface area contributed by atoms with Crippen LogP contribution in [0.25, 0.3) is 0 Å². The van der Waals surface area contributed by atoms with Gasteiger partial charge in [-0.2, -0.15) is 0 Å². The Morgan fingerprint density at radius 3 is 2.56 bits per heavy atom. The highest BCUT2D eigenvalue weighted by molar-refractivity contribution is 6.46. The maximum absolute atomic E-state index is 6.01. The van der Waals surface area contributed by atoms with Crippen molar-refractivity contribution >= 4 is 14.9 Å². The van der Waals surface area contributed by atoms with Crippen LogP contribution in [0.15, 0.2) is 49.6 Å². The number of benzene rings is 1. The van der Waals surface area contributed by atoms with E-state index in [9.17, 15) is 0 Å². The van der Waals surface area contributed by atoms with E-state index in [1.165, 1.54) is 5.19 Å². The first-order valence-electron chi connectivity index (χ1n) is 6.19. The third kappa shape index (κ3) is 5.18. The molecule has 0 radical (unpaired) electrons. The van der Waals surface area contributed by atoms with Gasteiger partial charge in [0.05, 0.1) is 0 Å². The molecule has 0 aliphatic carbocycles. The molecule has 0 N–H and O–H groups in total. The highest BCUT2D eigenvalue weighted by Crippen LogP contribution is 2.07. The summed E-state index contributed by atoms with van der Waals surface area (Å²) < 4.78 is 6.01. The van der Waals surface area contributed by atoms with Crippen molar-refractivity contribution in [1.82, 2.24) is 0 Å². The molecule has 0 saturated heterocycles. The second-order valence-electron chi connectivity index (χ2n) is 4.16. The van der Waals surface area contributed by atoms with Crippen molar-refractivity contribution in [2.75, 3.05) is 0 Å². The first-order chi connectivity index (χ1) is 8.80. The van der Waals surface area contributed by atoms with Crippen LogP contribution in [-0.4, -0.2) is 15.9 Å². The van der Waals surface area contributed by atoms with Gasteiger partial charge in [-0.25, -0.2) is 0 Å². The summed E-state index contributed by atoms with van der Waals surface area (Å²) in [5, 5.41) is 1.28. The molecule has 0 aromatic heterocycles. The van der Waals surface area contributed by atoms with Crippen LogP contribution in [0.4, 0.5) is 0 Å². The molecule has 0 spiro atoms. The summed E-state index contributed by atoms with van der Waals surface area (Å²) >= 11 is 0. The predicted molar refractivity (Wildman–Crippen MR) is 81.7 cm³/mol. The maximum Gasteiger partial charge on any atom is 0.192 e. The largest absolute Gasteiger partial charge is 0.415 e. The summed E-state index contributed by atoms with van der Waals surface area (Å²) in [4.78, 5) is 0. The number of hydrogen-bond donors (Lipinski definition) is 0. The fourth-order valence-electron chi connectivity index (χ4n) is 1.67. The first-order valence-corrected chi connectivity index (χ1v) is 7.47. The minimum atomic E-state index is -0.681. The van der Waals surface area contributed by atoms with E-state index in [0.29, 0.717) is 0 Å². The fourth-order valence-corrected chi connectivity index (χ4v) is 2.83. The van der Waals surface area contributed by atoms with Crippen LogP contribution in [0, 0.1) is 12.3 Å². The van der Waals surface area contributed by atoms with Crippen LogP contribution in [-0.2, 0) is 4.43 Å². The summed E-state index contributed by atoms with van der Waals surface area (Å²) in [5.41, 5.74) is 0.919. The summed E-state index contributed by atoms with van der Waals surface area (Å²) in [6.07, 6.45) is 12.4. The summed E-state index contributed by atoms with van der Waals surface area (Å²) in [7, 11) is -0.681. The third-order valence-electron chi connectivity index (χ3n) is 2.73. The lowest BCUT2D eigenvalue weighted by Gasteiger charge is -2.15. The van der Waals surface area contributed by atoms with Crippen LogP contribution in [0.1, 0.15) is 24.8 Å². The Kier molecular flexibility index (Phi) is 6.86. The van der Waals surface area contributed by atoms with Crippen LogP contribution < -0.4 is 5.19 Å². The fraction of sp³-hybridized carbons (Fsp3) is 0.250. The van der Waals surface area contributed by atoms with Crippen molar-refractivity contribution in [1.29, 1.82) is 0 Å². The van der Waals surface area contributed by atoms with Gasteiger partial charge in [0.2, 0.25) is 0 Å². The van der Waals surface area contributed by atoms with Crippen LogP contribution in [0.3, 0.4) is 0 Å². The lowest BCUT2D eigenvalue weighted by atomic mass is 10.1. The van der Waals surface area contributed by atoms with Crippen LogP contribution in [0.5, 0.6) is 0 Å². The zero-order valence-corrected chi connectivity index (χ0v) is 12.2. The molecular weight excluding hydrogens is 236 g/mol. The van der Waals surface area contributed by atoms with Gasteiger partial charge in [0, 0.05) is 11.7 Å². The zero-order valence-electron chi connectivity index (χ0n) is 10.8. The molecule has 1 atom stereocenters. The van der Waals surface area contributed by atoms with E-state index >= 15 is 0 Å². The van der Waals surface area contributed by atoms with Crippen molar-refractivity contribution < 1.29 is 4.43 Å². The average molecular weight is 256 g/mol. The normalized spacial score (nSPS) is 12.2. The number of terminal acetylenes is 1. The van der Waals surface area contributed by atoms with Gasteiger partial charge in [0.1, 0.15) is 0 Å². The van der Waals surface area contributed by atoms with E-state index in [4.69, 9.17) is 10.8 Å². The molecular formula is C16H20OSi. The van der Waals surface area contributed by atoms with Crippen molar-refractivity contribution in [2.24, 2.45) is 0 Å². The molecule has 0 heterocycles. The molecule has 0 fully saturated rings. The van der Waals surface area contributed by atoms with Gasteiger partial charge >= 0.3 is 0 Å². The number of rotatable bonds is 8. The summed E-state index contributed by atoms with van der Waals surface area (Å²) in [6.45, 7) is 7.51. The number of hydrogen-bond acceptors (Lipinski definition) is 1. The Labute approximate surface area is 113 Å². The van der Waals surface area contributed by atoms with Gasteiger partial charge in [-0.05, 0) is 36.6 Å². The molecule has 0 saturated carbocycles. The van der Waals surface area contributed by atoms with Gasteiger partial charge in [0.15, 0.2) is 9.76 Å². The Morgan fingerprint density at radius 2 is 2.00 bits per heavy atom. The molecule has 1 aromatic rings. The molecule has 1 rings (SSSR count). The summed E-state index contributed by atoms with van der Waals surface area (Å²) in [5.74, 6) is 2.62. The molecule has 2 heteroatoms. The van der Waals surface area contributed by atoms with Crippen molar-refractivity contribution in [3.63, 3.8) is 0 Å². The van der Waals surface area contributed by atoms with Crippen molar-refractivity contribution in [2.45, 2.75) is 25.4 Å². The van der Waals surface area contributed by atoms with Gasteiger partial charge < -0.3 is 4.43 Å². The van der Waals surface area contributed by atoms with Crippen LogP contribution in [0.2, 0.25) is 0 Å². The van der Waals surface area contributed by atoms with Crippen molar-refractivity contribution in [3.8, 4) is 12.3 Å². The molecule has 0 aliphatic heterocycles. The van der Waals surface area contributed by atoms with Crippen LogP contribution >= 0.6 is 0 Å². The maximum atomic E-state index is 6.01. The Hall–Kier alpha value is -1.56.